The zero-order chi connectivity index (χ0) is 34.1. The molecule has 0 bridgehead atoms. The Morgan fingerprint density at radius 2 is 1.44 bits per heavy atom. The highest BCUT2D eigenvalue weighted by atomic mass is 35.5. The lowest BCUT2D eigenvalue weighted by molar-refractivity contribution is -0.112. The third-order valence-corrected chi connectivity index (χ3v) is 8.39. The van der Waals surface area contributed by atoms with E-state index in [0.29, 0.717) is 46.3 Å². The van der Waals surface area contributed by atoms with Crippen molar-refractivity contribution < 1.29 is 23.3 Å². The molecule has 0 unspecified atom stereocenters. The number of Topliss-reactive ketones (excluding diaryl/α,β-unsaturated/α-hetero) is 1. The second kappa shape index (κ2) is 13.3. The van der Waals surface area contributed by atoms with E-state index in [1.807, 2.05) is 64.1 Å². The number of hydrogen-bond donors (Lipinski definition) is 0. The Kier molecular flexibility index (Phi) is 8.97. The summed E-state index contributed by atoms with van der Waals surface area (Å²) in [5.41, 5.74) is 8.89. The quantitative estimate of drug-likeness (QED) is 0.181. The van der Waals surface area contributed by atoms with Gasteiger partial charge in [-0.3, -0.25) is 14.6 Å². The van der Waals surface area contributed by atoms with Gasteiger partial charge in [0.2, 0.25) is 0 Å². The Balaban J connectivity index is 0.000000177. The highest BCUT2D eigenvalue weighted by molar-refractivity contribution is 6.30. The molecule has 0 saturated heterocycles. The summed E-state index contributed by atoms with van der Waals surface area (Å²) >= 11 is 5.96. The first-order valence-corrected chi connectivity index (χ1v) is 15.4. The van der Waals surface area contributed by atoms with Gasteiger partial charge in [0.1, 0.15) is 23.0 Å². The Morgan fingerprint density at radius 1 is 0.833 bits per heavy atom. The third kappa shape index (κ3) is 6.24. The number of carbonyl (C=O) groups excluding carboxylic acids is 1. The summed E-state index contributed by atoms with van der Waals surface area (Å²) in [7, 11) is 3.21. The van der Waals surface area contributed by atoms with Crippen LogP contribution in [0.4, 0.5) is 5.69 Å². The summed E-state index contributed by atoms with van der Waals surface area (Å²) in [4.78, 5) is 32.5. The molecule has 0 amide bonds. The highest BCUT2D eigenvalue weighted by Gasteiger charge is 2.21. The predicted molar refractivity (Wildman–Crippen MR) is 183 cm³/mol. The number of fused-ring (bicyclic) bond motifs is 2. The molecule has 3 aromatic heterocycles. The van der Waals surface area contributed by atoms with Gasteiger partial charge in [-0.25, -0.2) is 4.98 Å². The van der Waals surface area contributed by atoms with Gasteiger partial charge in [-0.2, -0.15) is 0 Å². The van der Waals surface area contributed by atoms with Gasteiger partial charge in [0.15, 0.2) is 5.78 Å². The first kappa shape index (κ1) is 32.4. The van der Waals surface area contributed by atoms with Gasteiger partial charge < -0.3 is 23.1 Å². The molecule has 11 nitrogen and oxygen atoms in total. The van der Waals surface area contributed by atoms with E-state index in [1.54, 1.807) is 30.9 Å². The maximum atomic E-state index is 12.5. The summed E-state index contributed by atoms with van der Waals surface area (Å²) in [6.07, 6.45) is 3.06. The van der Waals surface area contributed by atoms with Gasteiger partial charge in [-0.15, -0.1) is 0 Å². The molecule has 4 heterocycles. The molecule has 1 aliphatic heterocycles. The molecule has 0 N–H and O–H groups in total. The molecule has 0 fully saturated rings. The molecule has 244 valence electrons. The monoisotopic (exact) mass is 665 g/mol. The minimum atomic E-state index is -0.186. The Bertz CT molecular complexity index is 2230. The fourth-order valence-corrected chi connectivity index (χ4v) is 5.96. The van der Waals surface area contributed by atoms with Crippen LogP contribution in [0.5, 0.6) is 11.5 Å². The van der Waals surface area contributed by atoms with Crippen LogP contribution in [0.1, 0.15) is 34.0 Å². The number of hydrogen-bond acceptors (Lipinski definition) is 10. The van der Waals surface area contributed by atoms with E-state index in [0.717, 1.165) is 56.2 Å². The molecule has 1 aliphatic rings. The van der Waals surface area contributed by atoms with E-state index < -0.39 is 0 Å². The Hall–Kier alpha value is -5.55. The molecular formula is C36H32ClN5O6. The van der Waals surface area contributed by atoms with Crippen LogP contribution in [0.25, 0.3) is 33.3 Å². The molecule has 7 rings (SSSR count). The third-order valence-electron chi connectivity index (χ3n) is 8.14. The first-order chi connectivity index (χ1) is 23.1. The maximum Gasteiger partial charge on any atom is 0.269 e. The normalized spacial score (nSPS) is 12.1. The van der Waals surface area contributed by atoms with Gasteiger partial charge in [-0.1, -0.05) is 34.0 Å². The topological polar surface area (TPSA) is 135 Å². The molecular weight excluding hydrogens is 634 g/mol. The van der Waals surface area contributed by atoms with Crippen molar-refractivity contribution in [2.45, 2.75) is 40.7 Å². The number of benzene rings is 3. The van der Waals surface area contributed by atoms with Crippen LogP contribution in [0.2, 0.25) is 5.02 Å². The number of methoxy groups -OCH3 is 2. The zero-order valence-corrected chi connectivity index (χ0v) is 28.0. The Labute approximate surface area is 280 Å². The van der Waals surface area contributed by atoms with Crippen LogP contribution >= 0.6 is 11.6 Å². The number of nitrogens with zero attached hydrogens (tertiary/aromatic N) is 5. The van der Waals surface area contributed by atoms with Crippen LogP contribution in [0.3, 0.4) is 0 Å². The zero-order valence-electron chi connectivity index (χ0n) is 27.3. The molecule has 6 aromatic rings. The van der Waals surface area contributed by atoms with E-state index in [1.165, 1.54) is 12.4 Å². The van der Waals surface area contributed by atoms with E-state index in [9.17, 15) is 9.59 Å². The highest BCUT2D eigenvalue weighted by Crippen LogP contribution is 2.40. The molecule has 0 spiro atoms. The van der Waals surface area contributed by atoms with Crippen LogP contribution in [0.15, 0.2) is 73.6 Å². The lowest BCUT2D eigenvalue weighted by Gasteiger charge is -2.15. The number of aromatic nitrogens is 4. The van der Waals surface area contributed by atoms with Crippen molar-refractivity contribution in [3.8, 4) is 33.8 Å². The van der Waals surface area contributed by atoms with Crippen molar-refractivity contribution in [1.82, 2.24) is 19.9 Å². The lowest BCUT2D eigenvalue weighted by Crippen LogP contribution is -2.21. The number of ether oxygens (including phenoxy) is 2. The average Bonchev–Trinajstić information content (AvgIpc) is 3.60. The Morgan fingerprint density at radius 3 is 2.02 bits per heavy atom. The minimum absolute atomic E-state index is 0.00430. The largest absolute Gasteiger partial charge is 0.496 e. The first-order valence-electron chi connectivity index (χ1n) is 15.0. The fourth-order valence-electron chi connectivity index (χ4n) is 5.84. The number of aryl methyl sites for hydroxylation is 4. The summed E-state index contributed by atoms with van der Waals surface area (Å²) in [6, 6.07) is 14.9. The van der Waals surface area contributed by atoms with Gasteiger partial charge >= 0.3 is 0 Å². The van der Waals surface area contributed by atoms with Gasteiger partial charge in [0.25, 0.3) is 5.56 Å². The lowest BCUT2D eigenvalue weighted by atomic mass is 9.96. The van der Waals surface area contributed by atoms with E-state index >= 15 is 0 Å². The molecule has 0 aliphatic carbocycles. The van der Waals surface area contributed by atoms with Crippen LogP contribution in [-0.2, 0) is 17.8 Å². The van der Waals surface area contributed by atoms with Crippen molar-refractivity contribution in [3.63, 3.8) is 0 Å². The number of rotatable bonds is 6. The number of ketones is 1. The SMILES string of the molecule is COc1cc2c(cc1-c1c(C)noc1C)N=CC(=O)C2.COc1cc2c(cc1-c1c(C)noc1C)ncc(=O)n2Cc1ccc(Cl)cc1. The number of aliphatic imine (C=N–C) groups is 1. The average molecular weight is 666 g/mol. The van der Waals surface area contributed by atoms with E-state index in [2.05, 4.69) is 20.3 Å². The predicted octanol–water partition coefficient (Wildman–Crippen LogP) is 7.17. The smallest absolute Gasteiger partial charge is 0.269 e. The minimum Gasteiger partial charge on any atom is -0.496 e. The van der Waals surface area contributed by atoms with Crippen LogP contribution < -0.4 is 15.0 Å². The van der Waals surface area contributed by atoms with E-state index in [-0.39, 0.29) is 11.3 Å². The number of halogens is 1. The molecule has 48 heavy (non-hydrogen) atoms. The molecule has 3 aromatic carbocycles. The standard InChI is InChI=1S/C21H18ClN3O3.C15H14N2O3/c1-12-21(13(2)28-24-12)16-8-17-18(9-19(16)27-3)25(20(26)10-23-17)11-14-4-6-15(22)7-5-14;1-8-15(9(2)20-17-8)12-6-13-10(5-14(12)19-3)4-11(18)7-16-13/h4-10H,11H2,1-3H3;5-7H,4H2,1-3H3. The molecule has 12 heteroatoms. The summed E-state index contributed by atoms with van der Waals surface area (Å²) in [5, 5.41) is 8.65. The van der Waals surface area contributed by atoms with Crippen LogP contribution in [-0.4, -0.2) is 46.1 Å². The van der Waals surface area contributed by atoms with Gasteiger partial charge in [-0.05, 0) is 69.2 Å². The second-order valence-corrected chi connectivity index (χ2v) is 11.8. The molecule has 0 radical (unpaired) electrons. The van der Waals surface area contributed by atoms with Gasteiger partial charge in [0, 0.05) is 28.6 Å². The maximum absolute atomic E-state index is 12.5. The summed E-state index contributed by atoms with van der Waals surface area (Å²) in [6.45, 7) is 7.89. The summed E-state index contributed by atoms with van der Waals surface area (Å²) < 4.78 is 23.3. The molecule has 0 saturated carbocycles. The van der Waals surface area contributed by atoms with Crippen molar-refractivity contribution in [2.24, 2.45) is 4.99 Å². The van der Waals surface area contributed by atoms with Crippen molar-refractivity contribution in [3.05, 3.63) is 104 Å². The van der Waals surface area contributed by atoms with Crippen molar-refractivity contribution in [1.29, 1.82) is 0 Å². The van der Waals surface area contributed by atoms with Gasteiger partial charge in [0.05, 0.1) is 72.4 Å². The fraction of sp³-hybridized carbons (Fsp3) is 0.222. The number of carbonyl (C=O) groups is 1. The van der Waals surface area contributed by atoms with Crippen molar-refractivity contribution in [2.75, 3.05) is 14.2 Å². The van der Waals surface area contributed by atoms with Crippen molar-refractivity contribution >= 4 is 40.3 Å². The summed E-state index contributed by atoms with van der Waals surface area (Å²) in [5.74, 6) is 2.76. The second-order valence-electron chi connectivity index (χ2n) is 11.3. The van der Waals surface area contributed by atoms with E-state index in [4.69, 9.17) is 30.1 Å². The van der Waals surface area contributed by atoms with Crippen LogP contribution in [0, 0.1) is 27.7 Å². The molecule has 0 atom stereocenters.